The van der Waals surface area contributed by atoms with Gasteiger partial charge in [-0.3, -0.25) is 0 Å². The van der Waals surface area contributed by atoms with E-state index in [-0.39, 0.29) is 12.7 Å². The summed E-state index contributed by atoms with van der Waals surface area (Å²) < 4.78 is 0.188. The fourth-order valence-electron chi connectivity index (χ4n) is 12.9. The van der Waals surface area contributed by atoms with Gasteiger partial charge in [0.25, 0.3) is 0 Å². The number of benzene rings is 4. The molecule has 0 amide bonds. The molecule has 3 unspecified atom stereocenters. The van der Waals surface area contributed by atoms with Crippen LogP contribution in [0.1, 0.15) is 127 Å². The van der Waals surface area contributed by atoms with Gasteiger partial charge < -0.3 is 0 Å². The summed E-state index contributed by atoms with van der Waals surface area (Å²) in [4.78, 5) is 0. The summed E-state index contributed by atoms with van der Waals surface area (Å²) in [6.45, 7) is 18.9. The molecule has 6 aliphatic carbocycles. The summed E-state index contributed by atoms with van der Waals surface area (Å²) in [5, 5.41) is 0. The molecule has 0 radical (unpaired) electrons. The van der Waals surface area contributed by atoms with Crippen molar-refractivity contribution in [2.75, 3.05) is 0 Å². The Balaban J connectivity index is 1.13. The van der Waals surface area contributed by atoms with Crippen molar-refractivity contribution in [3.8, 4) is 22.3 Å². The van der Waals surface area contributed by atoms with Crippen molar-refractivity contribution in [3.05, 3.63) is 129 Å². The average Bonchev–Trinajstić information content (AvgIpc) is 3.73. The monoisotopic (exact) mass is 861 g/mol. The normalized spacial score (nSPS) is 28.1. The van der Waals surface area contributed by atoms with Crippen LogP contribution in [0.3, 0.4) is 0 Å². The van der Waals surface area contributed by atoms with Gasteiger partial charge in [0, 0.05) is 0 Å². The van der Waals surface area contributed by atoms with Crippen LogP contribution < -0.4 is 0 Å². The van der Waals surface area contributed by atoms with Gasteiger partial charge in [0.05, 0.1) is 0 Å². The van der Waals surface area contributed by atoms with Gasteiger partial charge in [-0.2, -0.15) is 0 Å². The van der Waals surface area contributed by atoms with E-state index in [4.69, 9.17) is 17.0 Å². The number of fused-ring (bicyclic) bond motifs is 2. The molecule has 3 atom stereocenters. The molecule has 4 fully saturated rings. The van der Waals surface area contributed by atoms with Gasteiger partial charge in [-0.1, -0.05) is 0 Å². The van der Waals surface area contributed by atoms with Crippen LogP contribution in [0.25, 0.3) is 34.4 Å². The summed E-state index contributed by atoms with van der Waals surface area (Å²) in [5.41, 5.74) is 17.0. The van der Waals surface area contributed by atoms with Crippen molar-refractivity contribution in [3.63, 3.8) is 0 Å². The third-order valence-corrected chi connectivity index (χ3v) is 67.6. The number of rotatable bonds is 8. The van der Waals surface area contributed by atoms with Crippen LogP contribution in [0.4, 0.5) is 0 Å². The first-order valence-corrected chi connectivity index (χ1v) is 37.9. The van der Waals surface area contributed by atoms with Gasteiger partial charge in [0.1, 0.15) is 0 Å². The van der Waals surface area contributed by atoms with Crippen LogP contribution in [-0.2, 0) is 26.4 Å². The van der Waals surface area contributed by atoms with Crippen molar-refractivity contribution >= 4 is 35.1 Å². The molecule has 0 spiro atoms. The van der Waals surface area contributed by atoms with E-state index in [1.165, 1.54) is 99.7 Å². The first-order chi connectivity index (χ1) is 26.1. The maximum atomic E-state index is 8.78. The quantitative estimate of drug-likeness (QED) is 0.155. The molecule has 0 heterocycles. The van der Waals surface area contributed by atoms with E-state index in [9.17, 15) is 0 Å². The SMILES string of the molecule is CCC(C)C1=Cc2c(-c3ccc(C(C)(C)C)cc3)cccc2[CH]1[Zr]([Cl])([Cl])([CH]1C(C)=Cc2c(-c3ccc(C45CC6CC(CC(C6)C4)C5)cc3)cccc21)[SiH](C)C. The first kappa shape index (κ1) is 38.6. The fraction of sp³-hybridized carbons (Fsp3) is 0.451. The predicted octanol–water partition coefficient (Wildman–Crippen LogP) is 15.4. The molecule has 55 heavy (non-hydrogen) atoms. The van der Waals surface area contributed by atoms with Crippen LogP contribution in [0.15, 0.2) is 96.1 Å². The molecule has 0 N–H and O–H groups in total. The molecule has 4 bridgehead atoms. The predicted molar refractivity (Wildman–Crippen MR) is 239 cm³/mol. The molecule has 4 heteroatoms. The van der Waals surface area contributed by atoms with Gasteiger partial charge >= 0.3 is 344 Å². The van der Waals surface area contributed by atoms with E-state index in [1.807, 2.05) is 0 Å². The van der Waals surface area contributed by atoms with Gasteiger partial charge in [0.15, 0.2) is 0 Å². The Labute approximate surface area is 341 Å². The minimum absolute atomic E-state index is 0.0934. The number of allylic oxidation sites excluding steroid dienone is 2. The Bertz CT molecular complexity index is 2180. The Morgan fingerprint density at radius 3 is 1.69 bits per heavy atom. The van der Waals surface area contributed by atoms with Crippen LogP contribution in [0.2, 0.25) is 13.1 Å². The van der Waals surface area contributed by atoms with E-state index in [0.29, 0.717) is 11.3 Å². The molecule has 10 rings (SSSR count). The molecule has 0 saturated heterocycles. The van der Waals surface area contributed by atoms with Gasteiger partial charge in [0.2, 0.25) is 0 Å². The molecule has 4 aromatic rings. The van der Waals surface area contributed by atoms with Gasteiger partial charge in [-0.25, -0.2) is 0 Å². The minimum atomic E-state index is -4.87. The summed E-state index contributed by atoms with van der Waals surface area (Å²) in [5.74, 6) is 1.61. The molecular weight excluding hydrogens is 803 g/mol. The zero-order valence-electron chi connectivity index (χ0n) is 34.5. The van der Waals surface area contributed by atoms with Crippen molar-refractivity contribution in [1.29, 1.82) is 0 Å². The summed E-state index contributed by atoms with van der Waals surface area (Å²) >= 11 is -4.87. The molecule has 6 aliphatic rings. The Hall–Kier alpha value is -1.96. The van der Waals surface area contributed by atoms with Gasteiger partial charge in [-0.15, -0.1) is 0 Å². The second-order valence-corrected chi connectivity index (χ2v) is 62.8. The standard InChI is InChI=1S/C26H27.C23H27.C2H7Si.2ClH.Zr/c1-17-9-22-3-2-4-24(25(22)10-17)21-5-7-23(8-6-21)26-14-18-11-19(15-26)13-20(12-18)16-26;1-6-16(2)19-14-18-8-7-9-21(22(18)15-19)17-10-12-20(13-11-17)23(3,4)5;1-3-2;;;/h2-10,18-20H,11-16H2,1H3;7-16H,6H2,1-5H3;3H,1-2H3;2*1H;/q;;;;;+2/p-2. The summed E-state index contributed by atoms with van der Waals surface area (Å²) in [7, 11) is 17.6. The van der Waals surface area contributed by atoms with Crippen LogP contribution in [0, 0.1) is 23.7 Å². The van der Waals surface area contributed by atoms with Crippen molar-refractivity contribution < 1.29 is 15.6 Å². The van der Waals surface area contributed by atoms with Crippen LogP contribution in [0.5, 0.6) is 0 Å². The van der Waals surface area contributed by atoms with E-state index < -0.39 is 21.5 Å². The van der Waals surface area contributed by atoms with Gasteiger partial charge in [-0.05, 0) is 0 Å². The Morgan fingerprint density at radius 1 is 0.709 bits per heavy atom. The molecule has 0 nitrogen and oxygen atoms in total. The third kappa shape index (κ3) is 6.03. The Kier molecular flexibility index (Phi) is 9.50. The van der Waals surface area contributed by atoms with E-state index in [0.717, 1.165) is 24.2 Å². The number of halogens is 2. The number of hydrogen-bond acceptors (Lipinski definition) is 0. The zero-order chi connectivity index (χ0) is 38.7. The van der Waals surface area contributed by atoms with E-state index in [2.05, 4.69) is 152 Å². The number of hydrogen-bond donors (Lipinski definition) is 0. The van der Waals surface area contributed by atoms with E-state index in [1.54, 1.807) is 5.56 Å². The molecule has 4 saturated carbocycles. The topological polar surface area (TPSA) is 0 Å². The van der Waals surface area contributed by atoms with E-state index >= 15 is 0 Å². The maximum absolute atomic E-state index is 8.78. The second-order valence-electron chi connectivity index (χ2n) is 20.3. The molecule has 4 aromatic carbocycles. The summed E-state index contributed by atoms with van der Waals surface area (Å²) in [6, 6.07) is 33.1. The first-order valence-electron chi connectivity index (χ1n) is 21.6. The van der Waals surface area contributed by atoms with Crippen molar-refractivity contribution in [2.24, 2.45) is 23.7 Å². The van der Waals surface area contributed by atoms with Crippen LogP contribution in [-0.4, -0.2) is 5.92 Å². The average molecular weight is 864 g/mol. The molecule has 287 valence electrons. The molecular formula is C51H61Cl2SiZr. The third-order valence-electron chi connectivity index (χ3n) is 15.7. The van der Waals surface area contributed by atoms with Crippen LogP contribution >= 0.6 is 17.0 Å². The zero-order valence-corrected chi connectivity index (χ0v) is 39.6. The Morgan fingerprint density at radius 2 is 1.20 bits per heavy atom. The second kappa shape index (κ2) is 13.5. The van der Waals surface area contributed by atoms with Crippen molar-refractivity contribution in [2.45, 2.75) is 118 Å². The molecule has 0 aromatic heterocycles. The fourth-order valence-corrected chi connectivity index (χ4v) is 45.0. The molecule has 0 aliphatic heterocycles. The van der Waals surface area contributed by atoms with Crippen molar-refractivity contribution in [1.82, 2.24) is 0 Å². The summed E-state index contributed by atoms with van der Waals surface area (Å²) in [6.07, 6.45) is 14.8.